The fraction of sp³-hybridized carbons (Fsp3) is 0.545. The van der Waals surface area contributed by atoms with Gasteiger partial charge in [0.05, 0.1) is 0 Å². The maximum Gasteiger partial charge on any atom is 0.325 e. The first-order valence-electron chi connectivity index (χ1n) is 10.0. The summed E-state index contributed by atoms with van der Waals surface area (Å²) in [6.45, 7) is 0.235. The minimum Gasteiger partial charge on any atom is -0.459 e. The molecule has 0 spiro atoms. The van der Waals surface area contributed by atoms with E-state index in [2.05, 4.69) is 11.4 Å². The minimum atomic E-state index is -0.358. The molecule has 1 aromatic carbocycles. The zero-order valence-corrected chi connectivity index (χ0v) is 16.2. The molecule has 2 aromatic rings. The van der Waals surface area contributed by atoms with Crippen molar-refractivity contribution in [2.24, 2.45) is 23.2 Å². The van der Waals surface area contributed by atoms with Crippen molar-refractivity contribution in [1.82, 2.24) is 5.32 Å². The van der Waals surface area contributed by atoms with Crippen molar-refractivity contribution in [3.8, 4) is 0 Å². The summed E-state index contributed by atoms with van der Waals surface area (Å²) in [4.78, 5) is 25.1. The van der Waals surface area contributed by atoms with Crippen LogP contribution in [0.4, 0.5) is 0 Å². The van der Waals surface area contributed by atoms with E-state index < -0.39 is 0 Å². The topological polar surface area (TPSA) is 55.4 Å². The van der Waals surface area contributed by atoms with E-state index in [0.717, 1.165) is 48.0 Å². The summed E-state index contributed by atoms with van der Waals surface area (Å²) in [5.74, 6) is 1.89. The second-order valence-corrected chi connectivity index (χ2v) is 9.71. The number of fused-ring (bicyclic) bond motifs is 1. The van der Waals surface area contributed by atoms with Crippen molar-refractivity contribution in [3.63, 3.8) is 0 Å². The van der Waals surface area contributed by atoms with E-state index in [-0.39, 0.29) is 30.4 Å². The molecule has 4 saturated carbocycles. The van der Waals surface area contributed by atoms with E-state index in [1.165, 1.54) is 24.0 Å². The quantitative estimate of drug-likeness (QED) is 0.784. The molecular formula is C22H25NO3S. The first-order valence-corrected chi connectivity index (χ1v) is 10.9. The number of hydrogen-bond acceptors (Lipinski definition) is 4. The highest BCUT2D eigenvalue weighted by atomic mass is 32.1. The predicted molar refractivity (Wildman–Crippen MR) is 105 cm³/mol. The van der Waals surface area contributed by atoms with Gasteiger partial charge in [-0.2, -0.15) is 0 Å². The lowest BCUT2D eigenvalue weighted by Gasteiger charge is -2.55. The molecule has 27 heavy (non-hydrogen) atoms. The number of carbonyl (C=O) groups excluding carboxylic acids is 2. The zero-order valence-electron chi connectivity index (χ0n) is 15.4. The number of ether oxygens (including phenoxy) is 1. The summed E-state index contributed by atoms with van der Waals surface area (Å²) in [6, 6.07) is 8.11. The number of rotatable bonds is 5. The standard InChI is InChI=1S/C22H25NO3S/c24-20(26-12-17-13-27-19-4-2-1-3-18(17)19)11-23-21(25)22-8-14-5-15(9-22)7-16(6-14)10-22/h1-4,13-16H,5-12H2,(H,23,25). The minimum absolute atomic E-state index is 0.0251. The molecule has 4 bridgehead atoms. The van der Waals surface area contributed by atoms with Gasteiger partial charge in [-0.3, -0.25) is 9.59 Å². The molecule has 0 radical (unpaired) electrons. The van der Waals surface area contributed by atoms with Crippen LogP contribution in [0.15, 0.2) is 29.6 Å². The third kappa shape index (κ3) is 3.16. The summed E-state index contributed by atoms with van der Waals surface area (Å²) in [7, 11) is 0. The van der Waals surface area contributed by atoms with Gasteiger partial charge in [-0.05, 0) is 73.1 Å². The molecule has 0 unspecified atom stereocenters. The molecule has 4 nitrogen and oxygen atoms in total. The van der Waals surface area contributed by atoms with Crippen LogP contribution in [-0.2, 0) is 20.9 Å². The molecule has 1 heterocycles. The Balaban J connectivity index is 1.16. The van der Waals surface area contributed by atoms with E-state index in [1.54, 1.807) is 11.3 Å². The fourth-order valence-corrected chi connectivity index (χ4v) is 7.03. The van der Waals surface area contributed by atoms with Crippen molar-refractivity contribution in [2.45, 2.75) is 45.1 Å². The highest BCUT2D eigenvalue weighted by Crippen LogP contribution is 2.60. The second kappa shape index (κ2) is 6.62. The largest absolute Gasteiger partial charge is 0.459 e. The third-order valence-electron chi connectivity index (χ3n) is 6.86. The third-order valence-corrected chi connectivity index (χ3v) is 7.88. The molecule has 142 valence electrons. The summed E-state index contributed by atoms with van der Waals surface area (Å²) in [6.07, 6.45) is 6.97. The molecule has 4 aliphatic rings. The first-order chi connectivity index (χ1) is 13.1. The summed E-state index contributed by atoms with van der Waals surface area (Å²) in [5, 5.41) is 6.06. The molecule has 4 aliphatic carbocycles. The van der Waals surface area contributed by atoms with Crippen molar-refractivity contribution < 1.29 is 14.3 Å². The lowest BCUT2D eigenvalue weighted by molar-refractivity contribution is -0.151. The average Bonchev–Trinajstić information content (AvgIpc) is 3.06. The number of nitrogens with one attached hydrogen (secondary N) is 1. The van der Waals surface area contributed by atoms with Crippen molar-refractivity contribution >= 4 is 33.3 Å². The maximum atomic E-state index is 12.9. The molecule has 0 aliphatic heterocycles. The Morgan fingerprint density at radius 3 is 2.44 bits per heavy atom. The molecule has 1 aromatic heterocycles. The summed E-state index contributed by atoms with van der Waals surface area (Å²) < 4.78 is 6.61. The molecule has 4 fully saturated rings. The Hall–Kier alpha value is -1.88. The predicted octanol–water partition coefficient (Wildman–Crippen LogP) is 4.28. The van der Waals surface area contributed by atoms with Gasteiger partial charge in [0.2, 0.25) is 5.91 Å². The smallest absolute Gasteiger partial charge is 0.325 e. The van der Waals surface area contributed by atoms with Crippen LogP contribution in [0.5, 0.6) is 0 Å². The van der Waals surface area contributed by atoms with Gasteiger partial charge >= 0.3 is 5.97 Å². The number of carbonyl (C=O) groups is 2. The van der Waals surface area contributed by atoms with Crippen LogP contribution < -0.4 is 5.32 Å². The van der Waals surface area contributed by atoms with Gasteiger partial charge in [0.25, 0.3) is 0 Å². The Morgan fingerprint density at radius 1 is 1.07 bits per heavy atom. The lowest BCUT2D eigenvalue weighted by atomic mass is 9.49. The number of thiophene rings is 1. The molecule has 1 N–H and O–H groups in total. The normalized spacial score (nSPS) is 31.2. The fourth-order valence-electron chi connectivity index (χ4n) is 6.08. The zero-order chi connectivity index (χ0) is 18.4. The molecule has 6 rings (SSSR count). The van der Waals surface area contributed by atoms with E-state index in [1.807, 2.05) is 23.6 Å². The Morgan fingerprint density at radius 2 is 1.74 bits per heavy atom. The SMILES string of the molecule is O=C(CNC(=O)C12CC3CC(CC(C3)C1)C2)OCc1csc2ccccc12. The highest BCUT2D eigenvalue weighted by Gasteiger charge is 2.54. The maximum absolute atomic E-state index is 12.9. The first kappa shape index (κ1) is 17.2. The van der Waals surface area contributed by atoms with Crippen molar-refractivity contribution in [1.29, 1.82) is 0 Å². The van der Waals surface area contributed by atoms with Gasteiger partial charge in [0, 0.05) is 15.7 Å². The number of amides is 1. The van der Waals surface area contributed by atoms with Gasteiger partial charge in [0.15, 0.2) is 0 Å². The van der Waals surface area contributed by atoms with Crippen LogP contribution in [0.1, 0.15) is 44.1 Å². The average molecular weight is 384 g/mol. The Bertz CT molecular complexity index is 851. The molecule has 0 atom stereocenters. The van der Waals surface area contributed by atoms with E-state index in [4.69, 9.17) is 4.74 Å². The van der Waals surface area contributed by atoms with Crippen LogP contribution in [0.2, 0.25) is 0 Å². The van der Waals surface area contributed by atoms with Gasteiger partial charge in [0.1, 0.15) is 13.2 Å². The Kier molecular flexibility index (Phi) is 4.23. The lowest BCUT2D eigenvalue weighted by Crippen LogP contribution is -2.54. The summed E-state index contributed by atoms with van der Waals surface area (Å²) >= 11 is 1.65. The monoisotopic (exact) mass is 383 g/mol. The molecule has 0 saturated heterocycles. The second-order valence-electron chi connectivity index (χ2n) is 8.80. The molecular weight excluding hydrogens is 358 g/mol. The van der Waals surface area contributed by atoms with Gasteiger partial charge in [-0.25, -0.2) is 0 Å². The Labute approximate surface area is 163 Å². The van der Waals surface area contributed by atoms with Crippen LogP contribution in [0.25, 0.3) is 10.1 Å². The van der Waals surface area contributed by atoms with Crippen molar-refractivity contribution in [2.75, 3.05) is 6.54 Å². The van der Waals surface area contributed by atoms with Gasteiger partial charge < -0.3 is 10.1 Å². The summed E-state index contributed by atoms with van der Waals surface area (Å²) in [5.41, 5.74) is 0.815. The molecule has 5 heteroatoms. The van der Waals surface area contributed by atoms with Gasteiger partial charge in [-0.15, -0.1) is 11.3 Å². The van der Waals surface area contributed by atoms with E-state index in [0.29, 0.717) is 0 Å². The van der Waals surface area contributed by atoms with Crippen LogP contribution in [0.3, 0.4) is 0 Å². The van der Waals surface area contributed by atoms with Crippen LogP contribution in [0, 0.1) is 23.2 Å². The number of esters is 1. The van der Waals surface area contributed by atoms with Gasteiger partial charge in [-0.1, -0.05) is 18.2 Å². The van der Waals surface area contributed by atoms with Crippen LogP contribution >= 0.6 is 11.3 Å². The van der Waals surface area contributed by atoms with E-state index >= 15 is 0 Å². The number of hydrogen-bond donors (Lipinski definition) is 1. The van der Waals surface area contributed by atoms with Crippen molar-refractivity contribution in [3.05, 3.63) is 35.2 Å². The molecule has 1 amide bonds. The van der Waals surface area contributed by atoms with E-state index in [9.17, 15) is 9.59 Å². The highest BCUT2D eigenvalue weighted by molar-refractivity contribution is 7.17. The number of benzene rings is 1. The van der Waals surface area contributed by atoms with Crippen LogP contribution in [-0.4, -0.2) is 18.4 Å².